The lowest BCUT2D eigenvalue weighted by Gasteiger charge is -2.15. The number of carbonyl (C=O) groups excluding carboxylic acids is 1. The van der Waals surface area contributed by atoms with E-state index in [1.54, 1.807) is 18.2 Å². The Hall–Kier alpha value is -2.54. The van der Waals surface area contributed by atoms with Crippen LogP contribution >= 0.6 is 15.9 Å². The summed E-state index contributed by atoms with van der Waals surface area (Å²) in [5.41, 5.74) is 2.17. The number of benzene rings is 1. The van der Waals surface area contributed by atoms with Gasteiger partial charge in [0.15, 0.2) is 5.65 Å². The minimum Gasteiger partial charge on any atom is -0.462 e. The zero-order chi connectivity index (χ0) is 18.7. The molecule has 0 radical (unpaired) electrons. The number of hydrogen-bond acceptors (Lipinski definition) is 5. The van der Waals surface area contributed by atoms with Crippen LogP contribution in [0.25, 0.3) is 11.0 Å². The Morgan fingerprint density at radius 1 is 1.31 bits per heavy atom. The second-order valence-corrected chi connectivity index (χ2v) is 6.67. The highest BCUT2D eigenvalue weighted by atomic mass is 79.9. The van der Waals surface area contributed by atoms with Crippen molar-refractivity contribution in [2.75, 3.05) is 11.9 Å². The molecule has 1 aromatic carbocycles. The highest BCUT2D eigenvalue weighted by molar-refractivity contribution is 9.10. The molecule has 0 aliphatic heterocycles. The Bertz CT molecular complexity index is 978. The van der Waals surface area contributed by atoms with Crippen LogP contribution in [0.3, 0.4) is 0 Å². The van der Waals surface area contributed by atoms with E-state index in [0.29, 0.717) is 34.2 Å². The van der Waals surface area contributed by atoms with Crippen molar-refractivity contribution in [2.45, 2.75) is 20.3 Å². The van der Waals surface area contributed by atoms with Gasteiger partial charge in [0.2, 0.25) is 0 Å². The third-order valence-corrected chi connectivity index (χ3v) is 4.21. The van der Waals surface area contributed by atoms with Crippen molar-refractivity contribution >= 4 is 44.3 Å². The van der Waals surface area contributed by atoms with Gasteiger partial charge in [-0.2, -0.15) is 0 Å². The topological polar surface area (TPSA) is 64.1 Å². The van der Waals surface area contributed by atoms with Crippen molar-refractivity contribution < 1.29 is 13.9 Å². The number of halogens is 2. The van der Waals surface area contributed by atoms with Gasteiger partial charge >= 0.3 is 5.97 Å². The van der Waals surface area contributed by atoms with Gasteiger partial charge in [-0.15, -0.1) is 0 Å². The van der Waals surface area contributed by atoms with Gasteiger partial charge in [0.1, 0.15) is 11.4 Å². The van der Waals surface area contributed by atoms with Crippen LogP contribution in [0.5, 0.6) is 0 Å². The molecule has 0 saturated heterocycles. The SMILES string of the molecule is CCCOC(=O)c1cnc2nc(C)ccc2c1Nc1ccc(Br)cc1F. The zero-order valence-electron chi connectivity index (χ0n) is 14.3. The average molecular weight is 418 g/mol. The molecule has 0 atom stereocenters. The number of esters is 1. The maximum atomic E-state index is 14.3. The number of aryl methyl sites for hydroxylation is 1. The second kappa shape index (κ2) is 7.78. The fourth-order valence-electron chi connectivity index (χ4n) is 2.46. The van der Waals surface area contributed by atoms with Gasteiger partial charge in [-0.1, -0.05) is 22.9 Å². The van der Waals surface area contributed by atoms with E-state index < -0.39 is 11.8 Å². The van der Waals surface area contributed by atoms with Crippen LogP contribution in [0.2, 0.25) is 0 Å². The summed E-state index contributed by atoms with van der Waals surface area (Å²) in [5, 5.41) is 3.63. The number of nitrogens with zero attached hydrogens (tertiary/aromatic N) is 2. The predicted octanol–water partition coefficient (Wildman–Crippen LogP) is 5.15. The summed E-state index contributed by atoms with van der Waals surface area (Å²) in [6.45, 7) is 4.07. The predicted molar refractivity (Wildman–Crippen MR) is 102 cm³/mol. The summed E-state index contributed by atoms with van der Waals surface area (Å²) in [5.74, 6) is -0.959. The third-order valence-electron chi connectivity index (χ3n) is 3.72. The molecule has 1 N–H and O–H groups in total. The number of rotatable bonds is 5. The fraction of sp³-hybridized carbons (Fsp3) is 0.211. The van der Waals surface area contributed by atoms with Crippen molar-refractivity contribution in [3.8, 4) is 0 Å². The summed E-state index contributed by atoms with van der Waals surface area (Å²) in [6, 6.07) is 8.28. The number of anilines is 2. The number of ether oxygens (including phenoxy) is 1. The highest BCUT2D eigenvalue weighted by Gasteiger charge is 2.19. The molecule has 7 heteroatoms. The molecule has 26 heavy (non-hydrogen) atoms. The van der Waals surface area contributed by atoms with Gasteiger partial charge in [-0.25, -0.2) is 19.2 Å². The van der Waals surface area contributed by atoms with Gasteiger partial charge in [-0.05, 0) is 43.7 Å². The largest absolute Gasteiger partial charge is 0.462 e. The quantitative estimate of drug-likeness (QED) is 0.581. The Labute approximate surface area is 158 Å². The second-order valence-electron chi connectivity index (χ2n) is 5.76. The summed E-state index contributed by atoms with van der Waals surface area (Å²) < 4.78 is 20.2. The van der Waals surface area contributed by atoms with Crippen LogP contribution < -0.4 is 5.32 Å². The Morgan fingerprint density at radius 3 is 2.85 bits per heavy atom. The number of carbonyl (C=O) groups is 1. The molecule has 0 unspecified atom stereocenters. The molecule has 0 fully saturated rings. The molecule has 0 saturated carbocycles. The van der Waals surface area contributed by atoms with E-state index in [1.165, 1.54) is 12.3 Å². The summed E-state index contributed by atoms with van der Waals surface area (Å²) in [6.07, 6.45) is 2.11. The molecule has 2 aromatic heterocycles. The lowest BCUT2D eigenvalue weighted by atomic mass is 10.1. The lowest BCUT2D eigenvalue weighted by molar-refractivity contribution is 0.0506. The van der Waals surface area contributed by atoms with E-state index >= 15 is 0 Å². The van der Waals surface area contributed by atoms with Crippen LogP contribution in [0.4, 0.5) is 15.8 Å². The number of nitrogens with one attached hydrogen (secondary N) is 1. The van der Waals surface area contributed by atoms with Gasteiger partial charge in [0.25, 0.3) is 0 Å². The van der Waals surface area contributed by atoms with E-state index in [9.17, 15) is 9.18 Å². The summed E-state index contributed by atoms with van der Waals surface area (Å²) >= 11 is 3.23. The van der Waals surface area contributed by atoms with E-state index in [0.717, 1.165) is 5.69 Å². The van der Waals surface area contributed by atoms with E-state index in [-0.39, 0.29) is 11.3 Å². The van der Waals surface area contributed by atoms with Crippen LogP contribution in [-0.4, -0.2) is 22.5 Å². The fourth-order valence-corrected chi connectivity index (χ4v) is 2.79. The number of pyridine rings is 2. The first kappa shape index (κ1) is 18.3. The summed E-state index contributed by atoms with van der Waals surface area (Å²) in [7, 11) is 0. The first-order chi connectivity index (χ1) is 12.5. The number of aromatic nitrogens is 2. The highest BCUT2D eigenvalue weighted by Crippen LogP contribution is 2.31. The molecule has 0 amide bonds. The van der Waals surface area contributed by atoms with Crippen molar-refractivity contribution in [3.63, 3.8) is 0 Å². The molecule has 5 nitrogen and oxygen atoms in total. The third kappa shape index (κ3) is 3.83. The van der Waals surface area contributed by atoms with Gasteiger partial charge in [-0.3, -0.25) is 0 Å². The molecule has 0 bridgehead atoms. The maximum Gasteiger partial charge on any atom is 0.341 e. The number of hydrogen-bond donors (Lipinski definition) is 1. The van der Waals surface area contributed by atoms with Crippen molar-refractivity contribution in [2.24, 2.45) is 0 Å². The van der Waals surface area contributed by atoms with Gasteiger partial charge in [0.05, 0.1) is 18.0 Å². The van der Waals surface area contributed by atoms with Crippen molar-refractivity contribution in [1.29, 1.82) is 0 Å². The van der Waals surface area contributed by atoms with Crippen LogP contribution in [0.15, 0.2) is 41.0 Å². The Morgan fingerprint density at radius 2 is 2.12 bits per heavy atom. The molecule has 3 rings (SSSR count). The maximum absolute atomic E-state index is 14.3. The van der Waals surface area contributed by atoms with Crippen LogP contribution in [-0.2, 0) is 4.74 Å². The Balaban J connectivity index is 2.13. The van der Waals surface area contributed by atoms with Crippen LogP contribution in [0, 0.1) is 12.7 Å². The molecule has 134 valence electrons. The Kier molecular flexibility index (Phi) is 5.46. The molecule has 0 aliphatic rings. The minimum atomic E-state index is -0.512. The molecular formula is C19H17BrFN3O2. The molecule has 0 spiro atoms. The smallest absolute Gasteiger partial charge is 0.341 e. The summed E-state index contributed by atoms with van der Waals surface area (Å²) in [4.78, 5) is 21.1. The van der Waals surface area contributed by atoms with E-state index in [4.69, 9.17) is 4.74 Å². The lowest BCUT2D eigenvalue weighted by Crippen LogP contribution is -2.11. The standard InChI is InChI=1S/C19H17BrFN3O2/c1-3-8-26-19(25)14-10-22-18-13(6-4-11(2)23-18)17(14)24-16-7-5-12(20)9-15(16)21/h4-7,9-10H,3,8H2,1-2H3,(H,22,23,24). The zero-order valence-corrected chi connectivity index (χ0v) is 15.9. The normalized spacial score (nSPS) is 10.8. The van der Waals surface area contributed by atoms with Gasteiger partial charge < -0.3 is 10.1 Å². The molecule has 3 aromatic rings. The number of fused-ring (bicyclic) bond motifs is 1. The van der Waals surface area contributed by atoms with E-state index in [2.05, 4.69) is 31.2 Å². The van der Waals surface area contributed by atoms with Crippen LogP contribution in [0.1, 0.15) is 29.4 Å². The molecule has 2 heterocycles. The average Bonchev–Trinajstić information content (AvgIpc) is 2.61. The van der Waals surface area contributed by atoms with Crippen molar-refractivity contribution in [3.05, 3.63) is 58.1 Å². The first-order valence-electron chi connectivity index (χ1n) is 8.15. The monoisotopic (exact) mass is 417 g/mol. The van der Waals surface area contributed by atoms with Gasteiger partial charge in [0, 0.05) is 21.7 Å². The molecular weight excluding hydrogens is 401 g/mol. The molecule has 0 aliphatic carbocycles. The van der Waals surface area contributed by atoms with Crippen molar-refractivity contribution in [1.82, 2.24) is 9.97 Å². The van der Waals surface area contributed by atoms with E-state index in [1.807, 2.05) is 19.9 Å². The first-order valence-corrected chi connectivity index (χ1v) is 8.94. The minimum absolute atomic E-state index is 0.235.